The Balaban J connectivity index is 3.41. The van der Waals surface area contributed by atoms with Crippen molar-refractivity contribution >= 4 is 11.9 Å². The van der Waals surface area contributed by atoms with Crippen LogP contribution in [0.15, 0.2) is 36.5 Å². The van der Waals surface area contributed by atoms with Gasteiger partial charge in [-0.3, -0.25) is 9.59 Å². The Labute approximate surface area is 455 Å². The highest BCUT2D eigenvalue weighted by Gasteiger charge is 2.18. The standard InChI is InChI=1S/C67H127NO5/c1-3-5-7-9-11-13-15-17-19-20-26-29-32-35-39-43-47-51-55-59-65(70)64(63-69)68-66(71)60-56-52-48-44-40-36-33-30-27-24-22-21-23-25-28-31-34-38-42-46-50-54-58-62-73-67(72)61-57-53-49-45-41-37-18-16-14-12-10-8-6-4-2/h10,12,16,18,55,59,64-65,69-70H,3-9,11,13-15,17,19-54,56-58,60-63H2,1-2H3,(H,68,71)/b12-10-,18-16-,59-55+. The Bertz CT molecular complexity index is 1180. The van der Waals surface area contributed by atoms with Gasteiger partial charge in [0.05, 0.1) is 25.4 Å². The zero-order valence-corrected chi connectivity index (χ0v) is 49.1. The summed E-state index contributed by atoms with van der Waals surface area (Å²) in [6.45, 7) is 4.88. The van der Waals surface area contributed by atoms with Crippen LogP contribution < -0.4 is 5.32 Å². The largest absolute Gasteiger partial charge is 0.466 e. The molecule has 0 saturated carbocycles. The number of aliphatic hydroxyl groups excluding tert-OH is 2. The van der Waals surface area contributed by atoms with Gasteiger partial charge in [0.1, 0.15) is 0 Å². The highest BCUT2D eigenvalue weighted by atomic mass is 16.5. The SMILES string of the molecule is CCCC/C=C\C/C=C\CCCCCCCC(=O)OCCCCCCCCCCCCCCCCCCCCCCCCCC(=O)NC(CO)C(O)/C=C/CCCCCCCCCCCCCCCCCCC. The van der Waals surface area contributed by atoms with Crippen LogP contribution in [0.3, 0.4) is 0 Å². The van der Waals surface area contributed by atoms with E-state index in [0.717, 1.165) is 51.4 Å². The minimum Gasteiger partial charge on any atom is -0.466 e. The molecule has 6 nitrogen and oxygen atoms in total. The zero-order chi connectivity index (χ0) is 52.9. The fourth-order valence-electron chi connectivity index (χ4n) is 10.1. The minimum atomic E-state index is -0.845. The second kappa shape index (κ2) is 62.6. The molecule has 0 saturated heterocycles. The number of hydrogen-bond acceptors (Lipinski definition) is 5. The molecule has 0 aromatic heterocycles. The van der Waals surface area contributed by atoms with Crippen molar-refractivity contribution in [3.05, 3.63) is 36.5 Å². The van der Waals surface area contributed by atoms with Crippen LogP contribution in [0.2, 0.25) is 0 Å². The highest BCUT2D eigenvalue weighted by molar-refractivity contribution is 5.76. The van der Waals surface area contributed by atoms with E-state index in [1.807, 2.05) is 6.08 Å². The lowest BCUT2D eigenvalue weighted by Gasteiger charge is -2.20. The first-order valence-electron chi connectivity index (χ1n) is 32.8. The first kappa shape index (κ1) is 71.1. The van der Waals surface area contributed by atoms with Crippen LogP contribution >= 0.6 is 0 Å². The summed E-state index contributed by atoms with van der Waals surface area (Å²) in [4.78, 5) is 24.5. The summed E-state index contributed by atoms with van der Waals surface area (Å²) in [6, 6.07) is -0.628. The Morgan fingerprint density at radius 1 is 0.384 bits per heavy atom. The summed E-state index contributed by atoms with van der Waals surface area (Å²) in [5.41, 5.74) is 0. The molecular weight excluding hydrogens is 899 g/mol. The number of nitrogens with one attached hydrogen (secondary N) is 1. The molecule has 2 unspecified atom stereocenters. The van der Waals surface area contributed by atoms with Crippen LogP contribution in [0.1, 0.15) is 354 Å². The van der Waals surface area contributed by atoms with Gasteiger partial charge < -0.3 is 20.3 Å². The Morgan fingerprint density at radius 3 is 1.08 bits per heavy atom. The number of carbonyl (C=O) groups excluding carboxylic acids is 2. The summed E-state index contributed by atoms with van der Waals surface area (Å²) in [7, 11) is 0. The Morgan fingerprint density at radius 2 is 0.699 bits per heavy atom. The van der Waals surface area contributed by atoms with Gasteiger partial charge >= 0.3 is 5.97 Å². The van der Waals surface area contributed by atoms with Gasteiger partial charge in [-0.25, -0.2) is 0 Å². The van der Waals surface area contributed by atoms with E-state index < -0.39 is 12.1 Å². The van der Waals surface area contributed by atoms with Gasteiger partial charge in [-0.2, -0.15) is 0 Å². The minimum absolute atomic E-state index is 0.000525. The summed E-state index contributed by atoms with van der Waals surface area (Å²) in [5, 5.41) is 23.2. The molecule has 0 radical (unpaired) electrons. The topological polar surface area (TPSA) is 95.9 Å². The van der Waals surface area contributed by atoms with Crippen LogP contribution in [0.4, 0.5) is 0 Å². The molecule has 0 heterocycles. The van der Waals surface area contributed by atoms with Crippen molar-refractivity contribution in [2.24, 2.45) is 0 Å². The summed E-state index contributed by atoms with van der Waals surface area (Å²) < 4.78 is 5.48. The van der Waals surface area contributed by atoms with E-state index in [1.54, 1.807) is 6.08 Å². The fourth-order valence-corrected chi connectivity index (χ4v) is 10.1. The zero-order valence-electron chi connectivity index (χ0n) is 49.1. The van der Waals surface area contributed by atoms with Crippen LogP contribution in [0, 0.1) is 0 Å². The molecule has 73 heavy (non-hydrogen) atoms. The smallest absolute Gasteiger partial charge is 0.305 e. The highest BCUT2D eigenvalue weighted by Crippen LogP contribution is 2.18. The van der Waals surface area contributed by atoms with Gasteiger partial charge in [0.2, 0.25) is 5.91 Å². The van der Waals surface area contributed by atoms with E-state index in [0.29, 0.717) is 19.4 Å². The maximum atomic E-state index is 12.5. The van der Waals surface area contributed by atoms with Crippen molar-refractivity contribution in [1.29, 1.82) is 0 Å². The quantitative estimate of drug-likeness (QED) is 0.0320. The number of unbranched alkanes of at least 4 members (excludes halogenated alkanes) is 46. The third-order valence-electron chi connectivity index (χ3n) is 15.2. The second-order valence-corrected chi connectivity index (χ2v) is 22.5. The van der Waals surface area contributed by atoms with Gasteiger partial charge in [-0.05, 0) is 57.8 Å². The Hall–Kier alpha value is -1.92. The van der Waals surface area contributed by atoms with Crippen LogP contribution in [-0.4, -0.2) is 47.4 Å². The number of allylic oxidation sites excluding steroid dienone is 5. The van der Waals surface area contributed by atoms with Crippen molar-refractivity contribution in [3.8, 4) is 0 Å². The molecule has 0 aromatic rings. The molecule has 6 heteroatoms. The molecule has 0 aliphatic rings. The van der Waals surface area contributed by atoms with E-state index in [1.165, 1.54) is 276 Å². The summed E-state index contributed by atoms with van der Waals surface area (Å²) in [6.07, 6.45) is 79.1. The summed E-state index contributed by atoms with van der Waals surface area (Å²) in [5.74, 6) is -0.0654. The number of ether oxygens (including phenoxy) is 1. The fraction of sp³-hybridized carbons (Fsp3) is 0.881. The van der Waals surface area contributed by atoms with Crippen molar-refractivity contribution < 1.29 is 24.5 Å². The third-order valence-corrected chi connectivity index (χ3v) is 15.2. The van der Waals surface area contributed by atoms with Crippen LogP contribution in [0.5, 0.6) is 0 Å². The molecule has 0 fully saturated rings. The number of rotatable bonds is 61. The van der Waals surface area contributed by atoms with Crippen molar-refractivity contribution in [3.63, 3.8) is 0 Å². The predicted octanol–water partition coefficient (Wildman–Crippen LogP) is 20.8. The number of hydrogen-bond donors (Lipinski definition) is 3. The average Bonchev–Trinajstić information content (AvgIpc) is 3.39. The van der Waals surface area contributed by atoms with E-state index in [2.05, 4.69) is 43.5 Å². The van der Waals surface area contributed by atoms with E-state index in [9.17, 15) is 19.8 Å². The third kappa shape index (κ3) is 59.2. The number of carbonyl (C=O) groups is 2. The molecule has 0 rings (SSSR count). The normalized spacial score (nSPS) is 12.8. The lowest BCUT2D eigenvalue weighted by Crippen LogP contribution is -2.45. The lowest BCUT2D eigenvalue weighted by atomic mass is 10.0. The molecule has 430 valence electrons. The van der Waals surface area contributed by atoms with Gasteiger partial charge in [-0.15, -0.1) is 0 Å². The molecule has 2 atom stereocenters. The molecule has 0 aromatic carbocycles. The molecule has 0 aliphatic heterocycles. The average molecular weight is 1030 g/mol. The Kier molecular flexibility index (Phi) is 61.0. The first-order chi connectivity index (χ1) is 36.0. The van der Waals surface area contributed by atoms with Crippen molar-refractivity contribution in [2.45, 2.75) is 366 Å². The maximum Gasteiger partial charge on any atom is 0.305 e. The van der Waals surface area contributed by atoms with Crippen molar-refractivity contribution in [1.82, 2.24) is 5.32 Å². The van der Waals surface area contributed by atoms with Gasteiger partial charge in [-0.1, -0.05) is 320 Å². The number of amides is 1. The molecule has 0 spiro atoms. The lowest BCUT2D eigenvalue weighted by molar-refractivity contribution is -0.143. The molecule has 0 bridgehead atoms. The monoisotopic (exact) mass is 1030 g/mol. The molecular formula is C67H127NO5. The molecule has 3 N–H and O–H groups in total. The number of aliphatic hydroxyl groups is 2. The first-order valence-corrected chi connectivity index (χ1v) is 32.8. The van der Waals surface area contributed by atoms with E-state index >= 15 is 0 Å². The molecule has 0 aliphatic carbocycles. The van der Waals surface area contributed by atoms with Crippen molar-refractivity contribution in [2.75, 3.05) is 13.2 Å². The summed E-state index contributed by atoms with van der Waals surface area (Å²) >= 11 is 0. The van der Waals surface area contributed by atoms with Gasteiger partial charge in [0.15, 0.2) is 0 Å². The van der Waals surface area contributed by atoms with Crippen LogP contribution in [-0.2, 0) is 14.3 Å². The maximum absolute atomic E-state index is 12.5. The molecule has 1 amide bonds. The van der Waals surface area contributed by atoms with Gasteiger partial charge in [0, 0.05) is 12.8 Å². The predicted molar refractivity (Wildman–Crippen MR) is 319 cm³/mol. The van der Waals surface area contributed by atoms with E-state index in [4.69, 9.17) is 4.74 Å². The van der Waals surface area contributed by atoms with Gasteiger partial charge in [0.25, 0.3) is 0 Å². The van der Waals surface area contributed by atoms with E-state index in [-0.39, 0.29) is 18.5 Å². The second-order valence-electron chi connectivity index (χ2n) is 22.5. The number of esters is 1. The van der Waals surface area contributed by atoms with Crippen LogP contribution in [0.25, 0.3) is 0 Å².